The predicted molar refractivity (Wildman–Crippen MR) is 40.0 cm³/mol. The Bertz CT molecular complexity index is 144. The molecule has 0 spiro atoms. The molecule has 64 valence electrons. The summed E-state index contributed by atoms with van der Waals surface area (Å²) in [5.74, 6) is -0.0806. The van der Waals surface area contributed by atoms with Crippen molar-refractivity contribution in [1.82, 2.24) is 0 Å². The maximum absolute atomic E-state index is 10.4. The van der Waals surface area contributed by atoms with Crippen LogP contribution in [0.1, 0.15) is 26.2 Å². The fourth-order valence-corrected chi connectivity index (χ4v) is 1.44. The summed E-state index contributed by atoms with van der Waals surface area (Å²) in [6.45, 7) is 1.78. The highest BCUT2D eigenvalue weighted by Crippen LogP contribution is 2.25. The average Bonchev–Trinajstić information content (AvgIpc) is 2.31. The SMILES string of the molecule is CC(=O)OCC1CCCC1O. The summed E-state index contributed by atoms with van der Waals surface area (Å²) in [5.41, 5.74) is 0. The van der Waals surface area contributed by atoms with Gasteiger partial charge in [0.2, 0.25) is 0 Å². The molecule has 0 aromatic rings. The van der Waals surface area contributed by atoms with Gasteiger partial charge < -0.3 is 9.84 Å². The minimum absolute atomic E-state index is 0.180. The van der Waals surface area contributed by atoms with Crippen molar-refractivity contribution in [3.63, 3.8) is 0 Å². The summed E-state index contributed by atoms with van der Waals surface area (Å²) in [6.07, 6.45) is 2.63. The molecule has 0 saturated heterocycles. The van der Waals surface area contributed by atoms with Gasteiger partial charge in [-0.25, -0.2) is 0 Å². The minimum Gasteiger partial charge on any atom is -0.465 e. The second-order valence-electron chi connectivity index (χ2n) is 3.06. The Kier molecular flexibility index (Phi) is 2.88. The third-order valence-electron chi connectivity index (χ3n) is 2.12. The van der Waals surface area contributed by atoms with Crippen LogP contribution in [0.5, 0.6) is 0 Å². The molecule has 3 heteroatoms. The summed E-state index contributed by atoms with van der Waals surface area (Å²) in [4.78, 5) is 10.4. The van der Waals surface area contributed by atoms with Gasteiger partial charge in [0.05, 0.1) is 12.7 Å². The molecule has 0 aromatic carbocycles. The Balaban J connectivity index is 2.20. The van der Waals surface area contributed by atoms with E-state index < -0.39 is 0 Å². The second kappa shape index (κ2) is 3.72. The molecule has 0 amide bonds. The summed E-state index contributed by atoms with van der Waals surface area (Å²) in [7, 11) is 0. The average molecular weight is 158 g/mol. The van der Waals surface area contributed by atoms with Gasteiger partial charge >= 0.3 is 5.97 Å². The van der Waals surface area contributed by atoms with Gasteiger partial charge in [0, 0.05) is 12.8 Å². The van der Waals surface area contributed by atoms with Crippen molar-refractivity contribution in [2.75, 3.05) is 6.61 Å². The molecule has 0 radical (unpaired) electrons. The van der Waals surface area contributed by atoms with E-state index >= 15 is 0 Å². The lowest BCUT2D eigenvalue weighted by molar-refractivity contribution is -0.143. The quantitative estimate of drug-likeness (QED) is 0.602. The third kappa shape index (κ3) is 2.50. The van der Waals surface area contributed by atoms with Crippen molar-refractivity contribution >= 4 is 5.97 Å². The van der Waals surface area contributed by atoms with Gasteiger partial charge in [0.1, 0.15) is 0 Å². The molecule has 1 rings (SSSR count). The van der Waals surface area contributed by atoms with Crippen LogP contribution in [0.4, 0.5) is 0 Å². The van der Waals surface area contributed by atoms with Crippen molar-refractivity contribution in [3.05, 3.63) is 0 Å². The zero-order valence-electron chi connectivity index (χ0n) is 6.75. The van der Waals surface area contributed by atoms with Crippen molar-refractivity contribution in [2.45, 2.75) is 32.3 Å². The van der Waals surface area contributed by atoms with Gasteiger partial charge in [-0.3, -0.25) is 4.79 Å². The Labute approximate surface area is 66.4 Å². The van der Waals surface area contributed by atoms with Crippen LogP contribution in [0.15, 0.2) is 0 Å². The largest absolute Gasteiger partial charge is 0.465 e. The molecule has 1 N–H and O–H groups in total. The van der Waals surface area contributed by atoms with Crippen molar-refractivity contribution < 1.29 is 14.6 Å². The smallest absolute Gasteiger partial charge is 0.302 e. The maximum Gasteiger partial charge on any atom is 0.302 e. The number of ether oxygens (including phenoxy) is 1. The van der Waals surface area contributed by atoms with Crippen molar-refractivity contribution in [2.24, 2.45) is 5.92 Å². The molecular weight excluding hydrogens is 144 g/mol. The van der Waals surface area contributed by atoms with E-state index in [0.29, 0.717) is 6.61 Å². The first-order chi connectivity index (χ1) is 5.20. The van der Waals surface area contributed by atoms with E-state index in [-0.39, 0.29) is 18.0 Å². The normalized spacial score (nSPS) is 30.4. The van der Waals surface area contributed by atoms with E-state index in [1.807, 2.05) is 0 Å². The van der Waals surface area contributed by atoms with E-state index in [1.165, 1.54) is 6.92 Å². The molecule has 1 aliphatic rings. The van der Waals surface area contributed by atoms with Gasteiger partial charge in [-0.1, -0.05) is 6.42 Å². The Morgan fingerprint density at radius 1 is 1.64 bits per heavy atom. The highest BCUT2D eigenvalue weighted by Gasteiger charge is 2.25. The first-order valence-electron chi connectivity index (χ1n) is 4.01. The van der Waals surface area contributed by atoms with Gasteiger partial charge in [-0.05, 0) is 12.8 Å². The van der Waals surface area contributed by atoms with Crippen LogP contribution < -0.4 is 0 Å². The molecule has 2 atom stereocenters. The molecule has 1 saturated carbocycles. The summed E-state index contributed by atoms with van der Waals surface area (Å²) < 4.78 is 4.80. The highest BCUT2D eigenvalue weighted by atomic mass is 16.5. The standard InChI is InChI=1S/C8H14O3/c1-6(9)11-5-7-3-2-4-8(7)10/h7-8,10H,2-5H2,1H3. The number of hydrogen-bond acceptors (Lipinski definition) is 3. The Morgan fingerprint density at radius 3 is 2.82 bits per heavy atom. The molecule has 0 heterocycles. The van der Waals surface area contributed by atoms with Gasteiger partial charge in [0.25, 0.3) is 0 Å². The molecule has 3 nitrogen and oxygen atoms in total. The van der Waals surface area contributed by atoms with E-state index in [9.17, 15) is 9.90 Å². The lowest BCUT2D eigenvalue weighted by Crippen LogP contribution is -2.20. The lowest BCUT2D eigenvalue weighted by Gasteiger charge is -2.12. The van der Waals surface area contributed by atoms with Crippen LogP contribution in [-0.4, -0.2) is 23.8 Å². The van der Waals surface area contributed by atoms with E-state index in [0.717, 1.165) is 19.3 Å². The number of carbonyl (C=O) groups excluding carboxylic acids is 1. The van der Waals surface area contributed by atoms with Crippen LogP contribution >= 0.6 is 0 Å². The predicted octanol–water partition coefficient (Wildman–Crippen LogP) is 0.710. The van der Waals surface area contributed by atoms with Crippen molar-refractivity contribution in [3.8, 4) is 0 Å². The molecule has 1 fully saturated rings. The number of carbonyl (C=O) groups is 1. The van der Waals surface area contributed by atoms with E-state index in [4.69, 9.17) is 4.74 Å². The minimum atomic E-state index is -0.260. The summed E-state index contributed by atoms with van der Waals surface area (Å²) in [6, 6.07) is 0. The van der Waals surface area contributed by atoms with E-state index in [2.05, 4.69) is 0 Å². The Morgan fingerprint density at radius 2 is 2.36 bits per heavy atom. The first-order valence-corrected chi connectivity index (χ1v) is 4.01. The zero-order valence-corrected chi connectivity index (χ0v) is 6.75. The highest BCUT2D eigenvalue weighted by molar-refractivity contribution is 5.65. The number of esters is 1. The van der Waals surface area contributed by atoms with Gasteiger partial charge in [-0.15, -0.1) is 0 Å². The lowest BCUT2D eigenvalue weighted by atomic mass is 10.1. The number of hydrogen-bond donors (Lipinski definition) is 1. The molecular formula is C8H14O3. The van der Waals surface area contributed by atoms with Gasteiger partial charge in [-0.2, -0.15) is 0 Å². The fraction of sp³-hybridized carbons (Fsp3) is 0.875. The molecule has 1 aliphatic carbocycles. The molecule has 0 bridgehead atoms. The molecule has 0 aliphatic heterocycles. The van der Waals surface area contributed by atoms with Crippen LogP contribution in [0, 0.1) is 5.92 Å². The first kappa shape index (κ1) is 8.53. The zero-order chi connectivity index (χ0) is 8.27. The summed E-state index contributed by atoms with van der Waals surface area (Å²) >= 11 is 0. The Hall–Kier alpha value is -0.570. The molecule has 11 heavy (non-hydrogen) atoms. The van der Waals surface area contributed by atoms with Crippen molar-refractivity contribution in [1.29, 1.82) is 0 Å². The maximum atomic E-state index is 10.4. The topological polar surface area (TPSA) is 46.5 Å². The number of aliphatic hydroxyl groups is 1. The summed E-state index contributed by atoms with van der Waals surface area (Å²) in [5, 5.41) is 9.31. The number of rotatable bonds is 2. The van der Waals surface area contributed by atoms with Gasteiger partial charge in [0.15, 0.2) is 0 Å². The second-order valence-corrected chi connectivity index (χ2v) is 3.06. The van der Waals surface area contributed by atoms with Crippen LogP contribution in [0.25, 0.3) is 0 Å². The monoisotopic (exact) mass is 158 g/mol. The molecule has 0 aromatic heterocycles. The van der Waals surface area contributed by atoms with Crippen LogP contribution in [-0.2, 0) is 9.53 Å². The van der Waals surface area contributed by atoms with E-state index in [1.54, 1.807) is 0 Å². The third-order valence-corrected chi connectivity index (χ3v) is 2.12. The fourth-order valence-electron chi connectivity index (χ4n) is 1.44. The van der Waals surface area contributed by atoms with Crippen LogP contribution in [0.3, 0.4) is 0 Å². The molecule has 2 unspecified atom stereocenters. The van der Waals surface area contributed by atoms with Crippen LogP contribution in [0.2, 0.25) is 0 Å². The number of aliphatic hydroxyl groups excluding tert-OH is 1.